The van der Waals surface area contributed by atoms with Crippen molar-refractivity contribution in [2.45, 2.75) is 51.1 Å². The second kappa shape index (κ2) is 5.88. The number of hydrogen-bond donors (Lipinski definition) is 1. The number of nitrogens with one attached hydrogen (secondary N) is 1. The number of nitriles is 1. The smallest absolute Gasteiger partial charge is 0.120 e. The van der Waals surface area contributed by atoms with Crippen LogP contribution in [0.15, 0.2) is 12.3 Å². The van der Waals surface area contributed by atoms with Gasteiger partial charge in [-0.25, -0.2) is 0 Å². The van der Waals surface area contributed by atoms with Crippen LogP contribution in [0.25, 0.3) is 0 Å². The van der Waals surface area contributed by atoms with Crippen molar-refractivity contribution >= 4 is 0 Å². The summed E-state index contributed by atoms with van der Waals surface area (Å²) >= 11 is 0. The summed E-state index contributed by atoms with van der Waals surface area (Å²) in [6.45, 7) is 0.889. The summed E-state index contributed by atoms with van der Waals surface area (Å²) in [5.74, 6) is 0. The van der Waals surface area contributed by atoms with Crippen molar-refractivity contribution < 1.29 is 0 Å². The van der Waals surface area contributed by atoms with Crippen LogP contribution in [-0.4, -0.2) is 10.6 Å². The van der Waals surface area contributed by atoms with Gasteiger partial charge in [-0.3, -0.25) is 0 Å². The first kappa shape index (κ1) is 12.2. The molecule has 3 nitrogen and oxygen atoms in total. The highest BCUT2D eigenvalue weighted by Crippen LogP contribution is 2.17. The van der Waals surface area contributed by atoms with E-state index in [4.69, 9.17) is 5.26 Å². The van der Waals surface area contributed by atoms with Gasteiger partial charge in [-0.2, -0.15) is 5.26 Å². The van der Waals surface area contributed by atoms with E-state index in [1.165, 1.54) is 44.1 Å². The van der Waals surface area contributed by atoms with Crippen LogP contribution in [0, 0.1) is 11.3 Å². The maximum atomic E-state index is 8.89. The molecule has 3 heteroatoms. The summed E-state index contributed by atoms with van der Waals surface area (Å²) < 4.78 is 1.89. The van der Waals surface area contributed by atoms with Crippen LogP contribution in [0.2, 0.25) is 0 Å². The second-order valence-corrected chi connectivity index (χ2v) is 5.03. The van der Waals surface area contributed by atoms with Gasteiger partial charge in [0.25, 0.3) is 0 Å². The summed E-state index contributed by atoms with van der Waals surface area (Å²) in [7, 11) is 1.92. The van der Waals surface area contributed by atoms with E-state index >= 15 is 0 Å². The predicted molar refractivity (Wildman–Crippen MR) is 68.5 cm³/mol. The first-order valence-electron chi connectivity index (χ1n) is 6.58. The minimum absolute atomic E-state index is 0.670. The molecular formula is C14H21N3. The van der Waals surface area contributed by atoms with Crippen molar-refractivity contribution in [3.8, 4) is 6.07 Å². The van der Waals surface area contributed by atoms with Crippen molar-refractivity contribution in [3.63, 3.8) is 0 Å². The van der Waals surface area contributed by atoms with Crippen LogP contribution in [0.1, 0.15) is 49.8 Å². The molecule has 2 rings (SSSR count). The Hall–Kier alpha value is -1.27. The molecule has 1 aliphatic carbocycles. The average molecular weight is 231 g/mol. The molecule has 1 fully saturated rings. The lowest BCUT2D eigenvalue weighted by Gasteiger charge is -2.15. The van der Waals surface area contributed by atoms with Crippen LogP contribution >= 0.6 is 0 Å². The van der Waals surface area contributed by atoms with E-state index < -0.39 is 0 Å². The van der Waals surface area contributed by atoms with Gasteiger partial charge in [0, 0.05) is 25.8 Å². The highest BCUT2D eigenvalue weighted by Gasteiger charge is 2.11. The molecular weight excluding hydrogens is 210 g/mol. The van der Waals surface area contributed by atoms with Crippen LogP contribution in [0.4, 0.5) is 0 Å². The lowest BCUT2D eigenvalue weighted by molar-refractivity contribution is 0.459. The van der Waals surface area contributed by atoms with Gasteiger partial charge in [0.1, 0.15) is 11.8 Å². The Balaban J connectivity index is 1.86. The van der Waals surface area contributed by atoms with Gasteiger partial charge in [-0.1, -0.05) is 25.7 Å². The summed E-state index contributed by atoms with van der Waals surface area (Å²) in [5, 5.41) is 12.5. The molecule has 0 bridgehead atoms. The highest BCUT2D eigenvalue weighted by atomic mass is 14.9. The van der Waals surface area contributed by atoms with E-state index in [0.29, 0.717) is 6.04 Å². The summed E-state index contributed by atoms with van der Waals surface area (Å²) in [4.78, 5) is 0. The number of rotatable bonds is 3. The normalized spacial score (nSPS) is 17.6. The molecule has 1 heterocycles. The predicted octanol–water partition coefficient (Wildman–Crippen LogP) is 2.71. The first-order valence-corrected chi connectivity index (χ1v) is 6.58. The average Bonchev–Trinajstić information content (AvgIpc) is 2.55. The molecule has 92 valence electrons. The highest BCUT2D eigenvalue weighted by molar-refractivity contribution is 5.28. The summed E-state index contributed by atoms with van der Waals surface area (Å²) in [6, 6.07) is 4.84. The molecule has 1 aliphatic rings. The van der Waals surface area contributed by atoms with E-state index in [1.54, 1.807) is 0 Å². The fourth-order valence-electron chi connectivity index (χ4n) is 2.59. The van der Waals surface area contributed by atoms with E-state index in [2.05, 4.69) is 11.4 Å². The molecule has 0 spiro atoms. The van der Waals surface area contributed by atoms with Gasteiger partial charge >= 0.3 is 0 Å². The van der Waals surface area contributed by atoms with Gasteiger partial charge in [-0.15, -0.1) is 0 Å². The third-order valence-electron chi connectivity index (χ3n) is 3.63. The Kier molecular flexibility index (Phi) is 4.22. The second-order valence-electron chi connectivity index (χ2n) is 5.03. The molecule has 0 atom stereocenters. The Morgan fingerprint density at radius 2 is 2.06 bits per heavy atom. The third-order valence-corrected chi connectivity index (χ3v) is 3.63. The van der Waals surface area contributed by atoms with E-state index in [9.17, 15) is 0 Å². The molecule has 0 amide bonds. The third kappa shape index (κ3) is 3.34. The van der Waals surface area contributed by atoms with Gasteiger partial charge in [0.05, 0.1) is 0 Å². The largest absolute Gasteiger partial charge is 0.342 e. The van der Waals surface area contributed by atoms with E-state index in [0.717, 1.165) is 12.2 Å². The molecule has 17 heavy (non-hydrogen) atoms. The van der Waals surface area contributed by atoms with E-state index in [1.807, 2.05) is 23.9 Å². The Morgan fingerprint density at radius 1 is 1.35 bits per heavy atom. The lowest BCUT2D eigenvalue weighted by Crippen LogP contribution is -2.27. The number of nitrogens with zero attached hydrogens (tertiary/aromatic N) is 2. The molecule has 1 aromatic rings. The first-order chi connectivity index (χ1) is 8.29. The van der Waals surface area contributed by atoms with Gasteiger partial charge in [-0.05, 0) is 24.5 Å². The van der Waals surface area contributed by atoms with Crippen LogP contribution in [-0.2, 0) is 13.6 Å². The molecule has 0 aliphatic heterocycles. The van der Waals surface area contributed by atoms with Crippen LogP contribution in [0.3, 0.4) is 0 Å². The molecule has 1 N–H and O–H groups in total. The number of aromatic nitrogens is 1. The Morgan fingerprint density at radius 3 is 2.65 bits per heavy atom. The fourth-order valence-corrected chi connectivity index (χ4v) is 2.59. The van der Waals surface area contributed by atoms with Crippen molar-refractivity contribution in [1.29, 1.82) is 5.26 Å². The van der Waals surface area contributed by atoms with Gasteiger partial charge < -0.3 is 9.88 Å². The maximum absolute atomic E-state index is 8.89. The summed E-state index contributed by atoms with van der Waals surface area (Å²) in [6.07, 6.45) is 10.1. The molecule has 1 aromatic heterocycles. The molecule has 0 saturated heterocycles. The fraction of sp³-hybridized carbons (Fsp3) is 0.643. The van der Waals surface area contributed by atoms with Crippen LogP contribution in [0.5, 0.6) is 0 Å². The standard InChI is InChI=1S/C14H21N3/c1-17-11-12(8-14(17)9-15)10-16-13-6-4-2-3-5-7-13/h8,11,13,16H,2-7,10H2,1H3. The van der Waals surface area contributed by atoms with Crippen LogP contribution < -0.4 is 5.32 Å². The zero-order valence-corrected chi connectivity index (χ0v) is 10.6. The minimum atomic E-state index is 0.670. The Bertz CT molecular complexity index is 392. The lowest BCUT2D eigenvalue weighted by atomic mass is 10.1. The van der Waals surface area contributed by atoms with Crippen molar-refractivity contribution in [1.82, 2.24) is 9.88 Å². The topological polar surface area (TPSA) is 40.8 Å². The molecule has 0 aromatic carbocycles. The maximum Gasteiger partial charge on any atom is 0.120 e. The Labute approximate surface area is 103 Å². The SMILES string of the molecule is Cn1cc(CNC2CCCCCC2)cc1C#N. The zero-order chi connectivity index (χ0) is 12.1. The monoisotopic (exact) mass is 231 g/mol. The van der Waals surface area contributed by atoms with E-state index in [-0.39, 0.29) is 0 Å². The van der Waals surface area contributed by atoms with Crippen molar-refractivity contribution in [2.24, 2.45) is 7.05 Å². The molecule has 0 radical (unpaired) electrons. The zero-order valence-electron chi connectivity index (χ0n) is 10.6. The minimum Gasteiger partial charge on any atom is -0.342 e. The van der Waals surface area contributed by atoms with Crippen molar-refractivity contribution in [2.75, 3.05) is 0 Å². The summed E-state index contributed by atoms with van der Waals surface area (Å²) in [5.41, 5.74) is 1.95. The molecule has 0 unspecified atom stereocenters. The van der Waals surface area contributed by atoms with Gasteiger partial charge in [0.2, 0.25) is 0 Å². The van der Waals surface area contributed by atoms with Gasteiger partial charge in [0.15, 0.2) is 0 Å². The molecule has 1 saturated carbocycles. The number of hydrogen-bond acceptors (Lipinski definition) is 2. The van der Waals surface area contributed by atoms with Crippen molar-refractivity contribution in [3.05, 3.63) is 23.5 Å². The quantitative estimate of drug-likeness (QED) is 0.813. The number of aryl methyl sites for hydroxylation is 1.